The number of aromatic nitrogens is 5. The molecule has 0 atom stereocenters. The van der Waals surface area contributed by atoms with Gasteiger partial charge in [0.25, 0.3) is 5.56 Å². The van der Waals surface area contributed by atoms with Crippen LogP contribution in [0.2, 0.25) is 0 Å². The molecule has 2 aromatic carbocycles. The van der Waals surface area contributed by atoms with Gasteiger partial charge in [0.1, 0.15) is 5.52 Å². The van der Waals surface area contributed by atoms with E-state index < -0.39 is 0 Å². The van der Waals surface area contributed by atoms with Crippen molar-refractivity contribution in [1.29, 1.82) is 0 Å². The third-order valence-corrected chi connectivity index (χ3v) is 4.55. The fraction of sp³-hybridized carbons (Fsp3) is 0.250. The number of para-hydroxylation sites is 2. The van der Waals surface area contributed by atoms with Crippen molar-refractivity contribution in [3.8, 4) is 0 Å². The van der Waals surface area contributed by atoms with Crippen LogP contribution in [-0.2, 0) is 11.3 Å². The van der Waals surface area contributed by atoms with Gasteiger partial charge in [-0.25, -0.2) is 9.67 Å². The zero-order valence-corrected chi connectivity index (χ0v) is 15.3. The molecule has 0 spiro atoms. The van der Waals surface area contributed by atoms with Crippen LogP contribution >= 0.6 is 0 Å². The number of nitrogens with one attached hydrogen (secondary N) is 2. The number of carbonyl (C=O) groups is 1. The molecule has 4 rings (SSSR count). The Bertz CT molecular complexity index is 1150. The molecule has 28 heavy (non-hydrogen) atoms. The smallest absolute Gasteiger partial charge is 0.277 e. The molecule has 0 radical (unpaired) electrons. The third kappa shape index (κ3) is 3.90. The monoisotopic (exact) mass is 376 g/mol. The summed E-state index contributed by atoms with van der Waals surface area (Å²) in [6, 6.07) is 14.8. The summed E-state index contributed by atoms with van der Waals surface area (Å²) >= 11 is 0. The lowest BCUT2D eigenvalue weighted by atomic mass is 10.2. The first kappa shape index (κ1) is 17.8. The highest BCUT2D eigenvalue weighted by molar-refractivity contribution is 5.91. The number of aryl methyl sites for hydroxylation is 1. The van der Waals surface area contributed by atoms with Crippen molar-refractivity contribution in [3.05, 3.63) is 58.9 Å². The molecule has 8 heteroatoms. The number of rotatable bonds is 7. The van der Waals surface area contributed by atoms with Crippen molar-refractivity contribution in [2.24, 2.45) is 0 Å². The molecule has 2 N–H and O–H groups in total. The molecule has 4 aromatic rings. The Balaban J connectivity index is 1.24. The van der Waals surface area contributed by atoms with E-state index in [0.717, 1.165) is 30.3 Å². The average Bonchev–Trinajstić information content (AvgIpc) is 3.11. The van der Waals surface area contributed by atoms with Crippen molar-refractivity contribution < 1.29 is 4.79 Å². The minimum Gasteiger partial charge on any atom is -0.324 e. The predicted octanol–water partition coefficient (Wildman–Crippen LogP) is 2.87. The minimum atomic E-state index is -0.131. The van der Waals surface area contributed by atoms with Gasteiger partial charge < -0.3 is 4.98 Å². The lowest BCUT2D eigenvalue weighted by Gasteiger charge is -2.05. The number of unbranched alkanes of at least 4 members (excludes halogenated alkanes) is 2. The molecule has 1 amide bonds. The highest BCUT2D eigenvalue weighted by Gasteiger charge is 2.07. The van der Waals surface area contributed by atoms with Crippen LogP contribution in [0.4, 0.5) is 5.95 Å². The van der Waals surface area contributed by atoms with Gasteiger partial charge >= 0.3 is 0 Å². The molecular formula is C20H20N6O2. The van der Waals surface area contributed by atoms with Crippen molar-refractivity contribution in [2.45, 2.75) is 32.2 Å². The van der Waals surface area contributed by atoms with Gasteiger partial charge in [0.05, 0.1) is 16.4 Å². The number of aromatic amines is 1. The number of fused-ring (bicyclic) bond motifs is 2. The maximum atomic E-state index is 12.4. The third-order valence-electron chi connectivity index (χ3n) is 4.55. The number of H-pyrrole nitrogens is 1. The van der Waals surface area contributed by atoms with E-state index in [9.17, 15) is 9.59 Å². The molecule has 2 aromatic heterocycles. The minimum absolute atomic E-state index is 0.0817. The number of anilines is 1. The highest BCUT2D eigenvalue weighted by Crippen LogP contribution is 2.13. The van der Waals surface area contributed by atoms with E-state index in [4.69, 9.17) is 0 Å². The van der Waals surface area contributed by atoms with Crippen LogP contribution in [0, 0.1) is 0 Å². The zero-order chi connectivity index (χ0) is 19.3. The average molecular weight is 376 g/mol. The maximum Gasteiger partial charge on any atom is 0.277 e. The number of hydrogen-bond donors (Lipinski definition) is 2. The van der Waals surface area contributed by atoms with Gasteiger partial charge in [-0.2, -0.15) is 0 Å². The quantitative estimate of drug-likeness (QED) is 0.483. The molecular weight excluding hydrogens is 356 g/mol. The maximum absolute atomic E-state index is 12.4. The first-order valence-electron chi connectivity index (χ1n) is 9.28. The molecule has 0 saturated carbocycles. The van der Waals surface area contributed by atoms with Gasteiger partial charge in [-0.15, -0.1) is 5.10 Å². The van der Waals surface area contributed by atoms with Gasteiger partial charge in [0.15, 0.2) is 0 Å². The number of benzene rings is 2. The van der Waals surface area contributed by atoms with Crippen molar-refractivity contribution in [2.75, 3.05) is 5.32 Å². The molecule has 0 aliphatic rings. The molecule has 2 heterocycles. The Morgan fingerprint density at radius 3 is 2.64 bits per heavy atom. The zero-order valence-electron chi connectivity index (χ0n) is 15.3. The van der Waals surface area contributed by atoms with E-state index in [-0.39, 0.29) is 11.5 Å². The van der Waals surface area contributed by atoms with E-state index in [0.29, 0.717) is 29.8 Å². The SMILES string of the molecule is O=C(CCCCCn1nnc2ccccc2c1=O)Nc1nc2ccccc2[nH]1. The Hall–Kier alpha value is -3.55. The van der Waals surface area contributed by atoms with Gasteiger partial charge in [0, 0.05) is 13.0 Å². The molecule has 0 fully saturated rings. The number of carbonyl (C=O) groups excluding carboxylic acids is 1. The molecule has 0 bridgehead atoms. The molecule has 8 nitrogen and oxygen atoms in total. The number of nitrogens with zero attached hydrogens (tertiary/aromatic N) is 4. The van der Waals surface area contributed by atoms with Crippen molar-refractivity contribution >= 4 is 33.8 Å². The van der Waals surface area contributed by atoms with Crippen LogP contribution < -0.4 is 10.9 Å². The van der Waals surface area contributed by atoms with E-state index in [1.54, 1.807) is 12.1 Å². The largest absolute Gasteiger partial charge is 0.324 e. The predicted molar refractivity (Wildman–Crippen MR) is 107 cm³/mol. The summed E-state index contributed by atoms with van der Waals surface area (Å²) in [5.74, 6) is 0.380. The lowest BCUT2D eigenvalue weighted by molar-refractivity contribution is -0.116. The van der Waals surface area contributed by atoms with E-state index in [1.807, 2.05) is 36.4 Å². The summed E-state index contributed by atoms with van der Waals surface area (Å²) in [5.41, 5.74) is 2.18. The highest BCUT2D eigenvalue weighted by atomic mass is 16.1. The first-order chi connectivity index (χ1) is 13.7. The van der Waals surface area contributed by atoms with Gasteiger partial charge in [-0.05, 0) is 37.1 Å². The topological polar surface area (TPSA) is 106 Å². The van der Waals surface area contributed by atoms with E-state index in [2.05, 4.69) is 25.6 Å². The second kappa shape index (κ2) is 7.99. The second-order valence-corrected chi connectivity index (χ2v) is 6.60. The fourth-order valence-electron chi connectivity index (χ4n) is 3.10. The molecule has 0 aliphatic carbocycles. The van der Waals surface area contributed by atoms with Crippen LogP contribution in [0.1, 0.15) is 25.7 Å². The Kier molecular flexibility index (Phi) is 5.09. The Morgan fingerprint density at radius 1 is 1.00 bits per heavy atom. The Labute approximate surface area is 160 Å². The van der Waals surface area contributed by atoms with E-state index >= 15 is 0 Å². The fourth-order valence-corrected chi connectivity index (χ4v) is 3.10. The van der Waals surface area contributed by atoms with Gasteiger partial charge in [-0.1, -0.05) is 35.9 Å². The first-order valence-corrected chi connectivity index (χ1v) is 9.28. The molecule has 142 valence electrons. The van der Waals surface area contributed by atoms with Gasteiger partial charge in [0.2, 0.25) is 11.9 Å². The van der Waals surface area contributed by atoms with Crippen LogP contribution in [0.5, 0.6) is 0 Å². The number of imidazole rings is 1. The standard InChI is InChI=1S/C20H20N6O2/c27-18(23-20-21-16-10-5-6-11-17(16)22-20)12-2-1-7-13-26-19(28)14-8-3-4-9-15(14)24-25-26/h3-6,8-11H,1-2,7,12-13H2,(H2,21,22,23,27). The second-order valence-electron chi connectivity index (χ2n) is 6.60. The number of amides is 1. The van der Waals surface area contributed by atoms with Crippen LogP contribution in [-0.4, -0.2) is 30.9 Å². The summed E-state index contributed by atoms with van der Waals surface area (Å²) in [7, 11) is 0. The van der Waals surface area contributed by atoms with Gasteiger partial charge in [-0.3, -0.25) is 14.9 Å². The summed E-state index contributed by atoms with van der Waals surface area (Å²) in [6.07, 6.45) is 2.69. The molecule has 0 unspecified atom stereocenters. The summed E-state index contributed by atoms with van der Waals surface area (Å²) < 4.78 is 1.39. The summed E-state index contributed by atoms with van der Waals surface area (Å²) in [5, 5.41) is 11.4. The Morgan fingerprint density at radius 2 is 1.79 bits per heavy atom. The summed E-state index contributed by atoms with van der Waals surface area (Å²) in [4.78, 5) is 31.8. The molecule has 0 saturated heterocycles. The molecule has 0 aliphatic heterocycles. The van der Waals surface area contributed by atoms with Crippen LogP contribution in [0.3, 0.4) is 0 Å². The van der Waals surface area contributed by atoms with Crippen molar-refractivity contribution in [3.63, 3.8) is 0 Å². The lowest BCUT2D eigenvalue weighted by Crippen LogP contribution is -2.24. The van der Waals surface area contributed by atoms with Crippen LogP contribution in [0.15, 0.2) is 53.3 Å². The van der Waals surface area contributed by atoms with E-state index in [1.165, 1.54) is 4.68 Å². The normalized spacial score (nSPS) is 11.1. The number of hydrogen-bond acceptors (Lipinski definition) is 5. The van der Waals surface area contributed by atoms with Crippen molar-refractivity contribution in [1.82, 2.24) is 25.0 Å². The van der Waals surface area contributed by atoms with Crippen LogP contribution in [0.25, 0.3) is 21.9 Å². The summed E-state index contributed by atoms with van der Waals surface area (Å²) in [6.45, 7) is 0.488.